The SMILES string of the molecule is COc1ccc(CNc2c(F)cc3c(=O)c4c(=O)[nH]sc4n(C4CC4)c3c2OC)cc1. The van der Waals surface area contributed by atoms with Crippen LogP contribution in [0, 0.1) is 5.82 Å². The van der Waals surface area contributed by atoms with E-state index in [1.807, 2.05) is 28.8 Å². The van der Waals surface area contributed by atoms with E-state index in [0.29, 0.717) is 16.9 Å². The quantitative estimate of drug-likeness (QED) is 0.472. The molecule has 0 unspecified atom stereocenters. The molecule has 9 heteroatoms. The first-order chi connectivity index (χ1) is 15.0. The average Bonchev–Trinajstić information content (AvgIpc) is 3.54. The maximum absolute atomic E-state index is 15.1. The molecule has 5 rings (SSSR count). The smallest absolute Gasteiger partial charge is 0.271 e. The fourth-order valence-electron chi connectivity index (χ4n) is 3.91. The average molecular weight is 441 g/mol. The second-order valence-corrected chi connectivity index (χ2v) is 8.30. The molecular formula is C22H20FN3O4S. The Morgan fingerprint density at radius 2 is 1.94 bits per heavy atom. The Bertz CT molecular complexity index is 1420. The first-order valence-electron chi connectivity index (χ1n) is 9.86. The molecule has 160 valence electrons. The molecule has 0 aliphatic heterocycles. The van der Waals surface area contributed by atoms with Gasteiger partial charge in [0.1, 0.15) is 21.7 Å². The van der Waals surface area contributed by atoms with Crippen molar-refractivity contribution in [2.45, 2.75) is 25.4 Å². The summed E-state index contributed by atoms with van der Waals surface area (Å²) in [5.41, 5.74) is 0.699. The summed E-state index contributed by atoms with van der Waals surface area (Å²) in [5, 5.41) is 3.34. The van der Waals surface area contributed by atoms with Crippen molar-refractivity contribution in [2.24, 2.45) is 0 Å². The lowest BCUT2D eigenvalue weighted by atomic mass is 10.1. The predicted molar refractivity (Wildman–Crippen MR) is 119 cm³/mol. The fraction of sp³-hybridized carbons (Fsp3) is 0.273. The van der Waals surface area contributed by atoms with E-state index in [2.05, 4.69) is 9.69 Å². The monoisotopic (exact) mass is 441 g/mol. The Kier molecular flexibility index (Phi) is 4.70. The molecule has 0 bridgehead atoms. The minimum atomic E-state index is -0.608. The minimum Gasteiger partial charge on any atom is -0.497 e. The summed E-state index contributed by atoms with van der Waals surface area (Å²) in [6.45, 7) is 0.357. The van der Waals surface area contributed by atoms with Crippen molar-refractivity contribution in [3.05, 3.63) is 62.3 Å². The van der Waals surface area contributed by atoms with Crippen molar-refractivity contribution in [2.75, 3.05) is 19.5 Å². The lowest BCUT2D eigenvalue weighted by Gasteiger charge is -2.19. The Morgan fingerprint density at radius 1 is 1.19 bits per heavy atom. The van der Waals surface area contributed by atoms with Gasteiger partial charge in [-0.3, -0.25) is 14.0 Å². The third kappa shape index (κ3) is 3.16. The molecule has 2 N–H and O–H groups in total. The molecule has 4 aromatic rings. The van der Waals surface area contributed by atoms with Crippen molar-refractivity contribution in [3.63, 3.8) is 0 Å². The van der Waals surface area contributed by atoms with Crippen molar-refractivity contribution in [3.8, 4) is 11.5 Å². The zero-order chi connectivity index (χ0) is 21.7. The van der Waals surface area contributed by atoms with Crippen LogP contribution in [-0.4, -0.2) is 23.2 Å². The molecule has 1 aliphatic carbocycles. The van der Waals surface area contributed by atoms with Crippen LogP contribution in [0.3, 0.4) is 0 Å². The van der Waals surface area contributed by atoms with Crippen LogP contribution in [0.25, 0.3) is 21.1 Å². The highest BCUT2D eigenvalue weighted by Gasteiger charge is 2.31. The summed E-state index contributed by atoms with van der Waals surface area (Å²) in [6.07, 6.45) is 1.85. The van der Waals surface area contributed by atoms with Gasteiger partial charge in [-0.05, 0) is 48.1 Å². The van der Waals surface area contributed by atoms with Crippen LogP contribution in [-0.2, 0) is 6.54 Å². The molecular weight excluding hydrogens is 421 g/mol. The maximum atomic E-state index is 15.1. The van der Waals surface area contributed by atoms with E-state index in [-0.39, 0.29) is 28.3 Å². The molecule has 31 heavy (non-hydrogen) atoms. The Labute approximate surface area is 180 Å². The summed E-state index contributed by atoms with van der Waals surface area (Å²) in [7, 11) is 3.05. The first-order valence-corrected chi connectivity index (χ1v) is 10.7. The second kappa shape index (κ2) is 7.42. The van der Waals surface area contributed by atoms with E-state index in [4.69, 9.17) is 9.47 Å². The summed E-state index contributed by atoms with van der Waals surface area (Å²) in [5.74, 6) is 0.389. The molecule has 2 aromatic carbocycles. The van der Waals surface area contributed by atoms with E-state index < -0.39 is 16.8 Å². The van der Waals surface area contributed by atoms with Gasteiger partial charge in [0, 0.05) is 12.6 Å². The lowest BCUT2D eigenvalue weighted by molar-refractivity contribution is 0.414. The number of methoxy groups -OCH3 is 2. The number of fused-ring (bicyclic) bond motifs is 2. The number of ether oxygens (including phenoxy) is 2. The number of H-pyrrole nitrogens is 1. The molecule has 0 saturated heterocycles. The number of nitrogens with zero attached hydrogens (tertiary/aromatic N) is 1. The van der Waals surface area contributed by atoms with Crippen LogP contribution in [0.15, 0.2) is 39.9 Å². The van der Waals surface area contributed by atoms with Gasteiger partial charge in [-0.1, -0.05) is 12.1 Å². The maximum Gasteiger partial charge on any atom is 0.271 e. The van der Waals surface area contributed by atoms with E-state index in [1.54, 1.807) is 7.11 Å². The number of benzene rings is 2. The van der Waals surface area contributed by atoms with E-state index >= 15 is 4.39 Å². The Hall–Kier alpha value is -3.33. The number of rotatable bonds is 6. The number of nitrogens with one attached hydrogen (secondary N) is 2. The van der Waals surface area contributed by atoms with Crippen LogP contribution in [0.1, 0.15) is 24.4 Å². The van der Waals surface area contributed by atoms with Crippen LogP contribution in [0.5, 0.6) is 11.5 Å². The van der Waals surface area contributed by atoms with Gasteiger partial charge in [-0.15, -0.1) is 0 Å². The standard InChI is InChI=1S/C22H20FN3O4S/c1-29-13-7-3-11(4-8-13)10-24-17-15(23)9-14-18(20(17)30-2)26(12-5-6-12)22-16(19(14)27)21(28)25-31-22/h3-4,7-9,12,24H,5-6,10H2,1-2H3,(H,25,28). The highest BCUT2D eigenvalue weighted by molar-refractivity contribution is 7.12. The molecule has 1 fully saturated rings. The third-order valence-corrected chi connectivity index (χ3v) is 6.45. The van der Waals surface area contributed by atoms with Crippen LogP contribution in [0.2, 0.25) is 0 Å². The molecule has 1 saturated carbocycles. The predicted octanol–water partition coefficient (Wildman–Crippen LogP) is 4.01. The Morgan fingerprint density at radius 3 is 2.58 bits per heavy atom. The zero-order valence-corrected chi connectivity index (χ0v) is 17.8. The van der Waals surface area contributed by atoms with Gasteiger partial charge in [0.2, 0.25) is 5.43 Å². The van der Waals surface area contributed by atoms with Crippen LogP contribution in [0.4, 0.5) is 10.1 Å². The fourth-order valence-corrected chi connectivity index (χ4v) is 4.82. The molecule has 0 amide bonds. The number of hydrogen-bond acceptors (Lipinski definition) is 6. The highest BCUT2D eigenvalue weighted by atomic mass is 32.1. The molecule has 1 aliphatic rings. The molecule has 2 heterocycles. The first kappa shape index (κ1) is 19.6. The van der Waals surface area contributed by atoms with Crippen molar-refractivity contribution in [1.82, 2.24) is 8.94 Å². The zero-order valence-electron chi connectivity index (χ0n) is 17.0. The van der Waals surface area contributed by atoms with Gasteiger partial charge in [0.05, 0.1) is 25.1 Å². The third-order valence-electron chi connectivity index (χ3n) is 5.56. The van der Waals surface area contributed by atoms with Gasteiger partial charge in [0.15, 0.2) is 11.6 Å². The molecule has 0 radical (unpaired) electrons. The highest BCUT2D eigenvalue weighted by Crippen LogP contribution is 2.44. The van der Waals surface area contributed by atoms with E-state index in [0.717, 1.165) is 35.7 Å². The number of hydrogen-bond donors (Lipinski definition) is 2. The van der Waals surface area contributed by atoms with Crippen molar-refractivity contribution < 1.29 is 13.9 Å². The van der Waals surface area contributed by atoms with Crippen LogP contribution >= 0.6 is 11.5 Å². The number of halogens is 1. The number of anilines is 1. The van der Waals surface area contributed by atoms with Gasteiger partial charge in [0.25, 0.3) is 5.56 Å². The second-order valence-electron chi connectivity index (χ2n) is 7.51. The normalized spacial score (nSPS) is 13.6. The summed E-state index contributed by atoms with van der Waals surface area (Å²) in [6, 6.07) is 8.79. The van der Waals surface area contributed by atoms with Crippen LogP contribution < -0.4 is 25.8 Å². The van der Waals surface area contributed by atoms with Crippen molar-refractivity contribution >= 4 is 38.3 Å². The largest absolute Gasteiger partial charge is 0.497 e. The van der Waals surface area contributed by atoms with Gasteiger partial charge in [-0.2, -0.15) is 0 Å². The van der Waals surface area contributed by atoms with Gasteiger partial charge < -0.3 is 19.4 Å². The van der Waals surface area contributed by atoms with Gasteiger partial charge in [-0.25, -0.2) is 4.39 Å². The number of aromatic amines is 1. The summed E-state index contributed by atoms with van der Waals surface area (Å²) in [4.78, 5) is 25.9. The van der Waals surface area contributed by atoms with E-state index in [1.165, 1.54) is 13.2 Å². The molecule has 2 aromatic heterocycles. The lowest BCUT2D eigenvalue weighted by Crippen LogP contribution is -2.17. The molecule has 7 nitrogen and oxygen atoms in total. The Balaban J connectivity index is 1.70. The number of pyridine rings is 1. The number of aromatic nitrogens is 2. The molecule has 0 atom stereocenters. The summed E-state index contributed by atoms with van der Waals surface area (Å²) >= 11 is 1.12. The summed E-state index contributed by atoms with van der Waals surface area (Å²) < 4.78 is 30.5. The van der Waals surface area contributed by atoms with Crippen molar-refractivity contribution in [1.29, 1.82) is 0 Å². The molecule has 0 spiro atoms. The minimum absolute atomic E-state index is 0.0739. The topological polar surface area (TPSA) is 85.4 Å². The van der Waals surface area contributed by atoms with Gasteiger partial charge >= 0.3 is 0 Å². The van der Waals surface area contributed by atoms with E-state index in [9.17, 15) is 9.59 Å².